The van der Waals surface area contributed by atoms with Gasteiger partial charge in [-0.25, -0.2) is 4.98 Å². The summed E-state index contributed by atoms with van der Waals surface area (Å²) in [6, 6.07) is 0. The average Bonchev–Trinajstić information content (AvgIpc) is 2.80. The third kappa shape index (κ3) is 4.67. The molecule has 0 aliphatic carbocycles. The number of likely N-dealkylation sites (tertiary alicyclic amines) is 1. The third-order valence-corrected chi connectivity index (χ3v) is 4.88. The van der Waals surface area contributed by atoms with Crippen LogP contribution in [0.1, 0.15) is 23.5 Å². The summed E-state index contributed by atoms with van der Waals surface area (Å²) < 4.78 is 0. The Kier molecular flexibility index (Phi) is 6.87. The summed E-state index contributed by atoms with van der Waals surface area (Å²) in [6.07, 6.45) is 1.15. The first kappa shape index (κ1) is 20.1. The van der Waals surface area contributed by atoms with Crippen molar-refractivity contribution in [1.29, 1.82) is 0 Å². The van der Waals surface area contributed by atoms with Crippen LogP contribution >= 0.6 is 0 Å². The zero-order valence-corrected chi connectivity index (χ0v) is 15.1. The van der Waals surface area contributed by atoms with Crippen LogP contribution < -0.4 is 5.56 Å². The summed E-state index contributed by atoms with van der Waals surface area (Å²) in [7, 11) is 1.97. The van der Waals surface area contributed by atoms with Gasteiger partial charge in [-0.2, -0.15) is 0 Å². The van der Waals surface area contributed by atoms with E-state index in [1.807, 2.05) is 7.05 Å². The number of nitrogens with zero attached hydrogens (tertiary/aromatic N) is 3. The second-order valence-electron chi connectivity index (χ2n) is 6.73. The molecular formula is C17H26N4O5. The molecule has 3 rings (SSSR count). The van der Waals surface area contributed by atoms with E-state index >= 15 is 0 Å². The van der Waals surface area contributed by atoms with E-state index in [2.05, 4.69) is 14.9 Å². The zero-order chi connectivity index (χ0) is 19.3. The lowest BCUT2D eigenvalue weighted by Gasteiger charge is -2.35. The number of carbonyl (C=O) groups excluding carboxylic acids is 1. The van der Waals surface area contributed by atoms with Crippen LogP contribution in [-0.2, 0) is 22.4 Å². The first-order valence-corrected chi connectivity index (χ1v) is 8.69. The van der Waals surface area contributed by atoms with E-state index in [1.54, 1.807) is 11.8 Å². The molecule has 1 aromatic heterocycles. The molecule has 3 heterocycles. The van der Waals surface area contributed by atoms with Crippen LogP contribution in [0.5, 0.6) is 0 Å². The highest BCUT2D eigenvalue weighted by atomic mass is 16.3. The lowest BCUT2D eigenvalue weighted by molar-refractivity contribution is -0.142. The number of hydrogen-bond acceptors (Lipinski definition) is 6. The van der Waals surface area contributed by atoms with Crippen LogP contribution in [0.4, 0.5) is 0 Å². The van der Waals surface area contributed by atoms with Crippen LogP contribution in [0.25, 0.3) is 0 Å². The molecule has 1 saturated heterocycles. The van der Waals surface area contributed by atoms with Crippen LogP contribution in [0.2, 0.25) is 0 Å². The number of aliphatic hydroxyl groups excluding tert-OH is 1. The molecule has 1 aromatic rings. The molecule has 0 aromatic carbocycles. The molecule has 0 unspecified atom stereocenters. The van der Waals surface area contributed by atoms with Crippen LogP contribution in [0.3, 0.4) is 0 Å². The van der Waals surface area contributed by atoms with E-state index < -0.39 is 6.10 Å². The number of hydrogen-bond donors (Lipinski definition) is 3. The summed E-state index contributed by atoms with van der Waals surface area (Å²) in [5, 5.41) is 17.1. The van der Waals surface area contributed by atoms with Gasteiger partial charge in [-0.1, -0.05) is 0 Å². The van der Waals surface area contributed by atoms with Gasteiger partial charge in [0.15, 0.2) is 0 Å². The highest BCUT2D eigenvalue weighted by Crippen LogP contribution is 2.20. The van der Waals surface area contributed by atoms with E-state index in [4.69, 9.17) is 9.90 Å². The summed E-state index contributed by atoms with van der Waals surface area (Å²) in [5.41, 5.74) is 1.38. The maximum absolute atomic E-state index is 12.8. The molecule has 2 aliphatic rings. The topological polar surface area (TPSA) is 127 Å². The number of aromatic amines is 1. The second kappa shape index (κ2) is 8.91. The summed E-state index contributed by atoms with van der Waals surface area (Å²) in [6.45, 7) is 3.97. The number of piperidine rings is 1. The molecule has 1 fully saturated rings. The highest BCUT2D eigenvalue weighted by Gasteiger charge is 2.35. The van der Waals surface area contributed by atoms with Crippen LogP contribution in [0, 0.1) is 12.8 Å². The van der Waals surface area contributed by atoms with Gasteiger partial charge in [0.05, 0.1) is 17.7 Å². The van der Waals surface area contributed by atoms with Crippen molar-refractivity contribution in [3.63, 3.8) is 0 Å². The number of nitrogens with one attached hydrogen (secondary N) is 1. The molecule has 0 spiro atoms. The third-order valence-electron chi connectivity index (χ3n) is 4.88. The molecule has 144 valence electrons. The van der Waals surface area contributed by atoms with E-state index in [-0.39, 0.29) is 23.9 Å². The van der Waals surface area contributed by atoms with E-state index in [0.717, 1.165) is 12.2 Å². The normalized spacial score (nSPS) is 23.3. The van der Waals surface area contributed by atoms with Crippen molar-refractivity contribution in [3.05, 3.63) is 27.4 Å². The van der Waals surface area contributed by atoms with E-state index in [1.165, 1.54) is 0 Å². The lowest BCUT2D eigenvalue weighted by atomic mass is 9.93. The van der Waals surface area contributed by atoms with Crippen LogP contribution in [-0.4, -0.2) is 81.7 Å². The Morgan fingerprint density at radius 1 is 1.31 bits per heavy atom. The molecule has 2 atom stereocenters. The highest BCUT2D eigenvalue weighted by molar-refractivity contribution is 5.80. The van der Waals surface area contributed by atoms with Crippen molar-refractivity contribution in [1.82, 2.24) is 19.8 Å². The fourth-order valence-corrected chi connectivity index (χ4v) is 3.53. The maximum atomic E-state index is 12.8. The lowest BCUT2D eigenvalue weighted by Crippen LogP contribution is -2.50. The molecule has 2 aliphatic heterocycles. The minimum absolute atomic E-state index is 0.00925. The first-order valence-electron chi connectivity index (χ1n) is 8.69. The zero-order valence-electron chi connectivity index (χ0n) is 15.1. The molecular weight excluding hydrogens is 340 g/mol. The van der Waals surface area contributed by atoms with Gasteiger partial charge in [-0.05, 0) is 26.8 Å². The summed E-state index contributed by atoms with van der Waals surface area (Å²) >= 11 is 0. The second-order valence-corrected chi connectivity index (χ2v) is 6.73. The Bertz CT molecular complexity index is 705. The number of carbonyl (C=O) groups is 2. The van der Waals surface area contributed by atoms with Gasteiger partial charge in [0.25, 0.3) is 12.0 Å². The first-order chi connectivity index (χ1) is 12.4. The van der Waals surface area contributed by atoms with Crippen LogP contribution in [0.15, 0.2) is 4.79 Å². The van der Waals surface area contributed by atoms with Crippen molar-refractivity contribution >= 4 is 12.4 Å². The molecule has 3 N–H and O–H groups in total. The fraction of sp³-hybridized carbons (Fsp3) is 0.647. The van der Waals surface area contributed by atoms with Crippen molar-refractivity contribution in [3.8, 4) is 0 Å². The summed E-state index contributed by atoms with van der Waals surface area (Å²) in [5.74, 6) is 0.228. The number of aliphatic hydroxyl groups is 1. The molecule has 26 heavy (non-hydrogen) atoms. The van der Waals surface area contributed by atoms with Gasteiger partial charge in [0.1, 0.15) is 5.82 Å². The average molecular weight is 366 g/mol. The van der Waals surface area contributed by atoms with Gasteiger partial charge in [-0.3, -0.25) is 14.4 Å². The number of aromatic nitrogens is 2. The summed E-state index contributed by atoms with van der Waals surface area (Å²) in [4.78, 5) is 44.2. The van der Waals surface area contributed by atoms with Crippen molar-refractivity contribution < 1.29 is 19.8 Å². The Morgan fingerprint density at radius 2 is 1.96 bits per heavy atom. The van der Waals surface area contributed by atoms with E-state index in [9.17, 15) is 14.7 Å². The number of carboxylic acid groups (broad SMARTS) is 1. The Balaban J connectivity index is 0.000000758. The van der Waals surface area contributed by atoms with Crippen molar-refractivity contribution in [2.75, 3.05) is 33.2 Å². The minimum Gasteiger partial charge on any atom is -0.483 e. The Morgan fingerprint density at radius 3 is 2.65 bits per heavy atom. The van der Waals surface area contributed by atoms with Gasteiger partial charge in [0, 0.05) is 38.2 Å². The smallest absolute Gasteiger partial charge is 0.290 e. The Hall–Kier alpha value is -2.26. The molecule has 0 bridgehead atoms. The predicted octanol–water partition coefficient (Wildman–Crippen LogP) is -0.981. The maximum Gasteiger partial charge on any atom is 0.290 e. The number of rotatable bonds is 1. The molecule has 0 saturated carbocycles. The van der Waals surface area contributed by atoms with Gasteiger partial charge < -0.3 is 25.0 Å². The van der Waals surface area contributed by atoms with Gasteiger partial charge in [-0.15, -0.1) is 0 Å². The molecule has 1 amide bonds. The number of aryl methyl sites for hydroxylation is 1. The predicted molar refractivity (Wildman–Crippen MR) is 93.9 cm³/mol. The van der Waals surface area contributed by atoms with E-state index in [0.29, 0.717) is 50.3 Å². The number of fused-ring (bicyclic) bond motifs is 1. The van der Waals surface area contributed by atoms with Gasteiger partial charge >= 0.3 is 0 Å². The van der Waals surface area contributed by atoms with Gasteiger partial charge in [0.2, 0.25) is 5.91 Å². The standard InChI is InChI=1S/C16H24N4O3.CH2O2/c1-10-17-13-4-8-20(7-3-11(13)15(22)18-10)16(23)12-9-19(2)6-5-14(12)21;2-1-3/h12,14,21H,3-9H2,1-2H3,(H,17,18,22);1H,(H,2,3)/t12-,14-;/m1./s1. The SMILES string of the molecule is Cc1nc2c(c(=O)[nH]1)CCN(C(=O)[C@@H]1CN(C)CC[C@H]1O)CC2.O=CO. The number of amides is 1. The molecule has 9 nitrogen and oxygen atoms in total. The monoisotopic (exact) mass is 366 g/mol. The minimum atomic E-state index is -0.576. The Labute approximate surface area is 151 Å². The quantitative estimate of drug-likeness (QED) is 0.545. The largest absolute Gasteiger partial charge is 0.483 e. The number of H-pyrrole nitrogens is 1. The van der Waals surface area contributed by atoms with Crippen molar-refractivity contribution in [2.45, 2.75) is 32.3 Å². The molecule has 0 radical (unpaired) electrons. The molecule has 9 heteroatoms. The van der Waals surface area contributed by atoms with Crippen molar-refractivity contribution in [2.24, 2.45) is 5.92 Å². The fourth-order valence-electron chi connectivity index (χ4n) is 3.53.